The molecule has 0 saturated carbocycles. The number of anilines is 1. The Morgan fingerprint density at radius 2 is 2.11 bits per heavy atom. The molecular formula is C15H14ClN3. The van der Waals surface area contributed by atoms with Crippen LogP contribution < -0.4 is 5.32 Å². The van der Waals surface area contributed by atoms with E-state index in [4.69, 9.17) is 16.9 Å². The molecule has 0 radical (unpaired) electrons. The van der Waals surface area contributed by atoms with E-state index in [9.17, 15) is 0 Å². The van der Waals surface area contributed by atoms with Gasteiger partial charge in [-0.05, 0) is 43.7 Å². The van der Waals surface area contributed by atoms with Gasteiger partial charge in [-0.2, -0.15) is 5.26 Å². The van der Waals surface area contributed by atoms with Gasteiger partial charge in [0.2, 0.25) is 0 Å². The highest BCUT2D eigenvalue weighted by molar-refractivity contribution is 6.29. The molecule has 0 aliphatic rings. The average Bonchev–Trinajstić information content (AvgIpc) is 2.42. The first-order chi connectivity index (χ1) is 9.10. The molecule has 1 aromatic heterocycles. The molecular weight excluding hydrogens is 258 g/mol. The van der Waals surface area contributed by atoms with Crippen molar-refractivity contribution < 1.29 is 0 Å². The topological polar surface area (TPSA) is 48.7 Å². The van der Waals surface area contributed by atoms with Crippen LogP contribution in [0.2, 0.25) is 5.15 Å². The van der Waals surface area contributed by atoms with E-state index in [0.717, 1.165) is 16.9 Å². The van der Waals surface area contributed by atoms with E-state index in [2.05, 4.69) is 16.4 Å². The van der Waals surface area contributed by atoms with Crippen LogP contribution in [0.15, 0.2) is 36.4 Å². The molecule has 4 heteroatoms. The lowest BCUT2D eigenvalue weighted by molar-refractivity contribution is 0.878. The lowest BCUT2D eigenvalue weighted by Crippen LogP contribution is -2.08. The summed E-state index contributed by atoms with van der Waals surface area (Å²) >= 11 is 5.84. The summed E-state index contributed by atoms with van der Waals surface area (Å²) in [6.07, 6.45) is 0. The van der Waals surface area contributed by atoms with Crippen molar-refractivity contribution in [2.75, 3.05) is 5.32 Å². The molecule has 0 aliphatic carbocycles. The Morgan fingerprint density at radius 1 is 1.32 bits per heavy atom. The normalized spacial score (nSPS) is 11.7. The fraction of sp³-hybridized carbons (Fsp3) is 0.200. The number of nitrogens with zero attached hydrogens (tertiary/aromatic N) is 2. The largest absolute Gasteiger partial charge is 0.377 e. The van der Waals surface area contributed by atoms with E-state index in [-0.39, 0.29) is 6.04 Å². The molecule has 96 valence electrons. The summed E-state index contributed by atoms with van der Waals surface area (Å²) in [6.45, 7) is 3.96. The minimum absolute atomic E-state index is 0.0926. The number of rotatable bonds is 3. The zero-order valence-electron chi connectivity index (χ0n) is 10.8. The second kappa shape index (κ2) is 5.73. The summed E-state index contributed by atoms with van der Waals surface area (Å²) in [5.41, 5.74) is 3.53. The van der Waals surface area contributed by atoms with Gasteiger partial charge in [0, 0.05) is 6.04 Å². The van der Waals surface area contributed by atoms with E-state index < -0.39 is 0 Å². The summed E-state index contributed by atoms with van der Waals surface area (Å²) in [4.78, 5) is 4.20. The molecule has 0 bridgehead atoms. The first-order valence-corrected chi connectivity index (χ1v) is 6.37. The number of benzene rings is 1. The Hall–Kier alpha value is -2.05. The van der Waals surface area contributed by atoms with E-state index in [1.54, 1.807) is 12.1 Å². The fourth-order valence-corrected chi connectivity index (χ4v) is 2.07. The minimum Gasteiger partial charge on any atom is -0.377 e. The van der Waals surface area contributed by atoms with Crippen LogP contribution in [0, 0.1) is 18.3 Å². The highest BCUT2D eigenvalue weighted by Gasteiger charge is 2.08. The maximum atomic E-state index is 8.91. The van der Waals surface area contributed by atoms with Gasteiger partial charge in [-0.15, -0.1) is 0 Å². The van der Waals surface area contributed by atoms with E-state index in [1.165, 1.54) is 0 Å². The van der Waals surface area contributed by atoms with Crippen LogP contribution in [0.1, 0.15) is 29.8 Å². The Kier molecular flexibility index (Phi) is 4.03. The van der Waals surface area contributed by atoms with Crippen LogP contribution in [0.5, 0.6) is 0 Å². The molecule has 1 aromatic carbocycles. The smallest absolute Gasteiger partial charge is 0.129 e. The third-order valence-electron chi connectivity index (χ3n) is 2.94. The zero-order chi connectivity index (χ0) is 13.8. The van der Waals surface area contributed by atoms with Gasteiger partial charge in [0.15, 0.2) is 0 Å². The molecule has 2 aromatic rings. The second-order valence-corrected chi connectivity index (χ2v) is 4.76. The lowest BCUT2D eigenvalue weighted by Gasteiger charge is -2.17. The monoisotopic (exact) mass is 271 g/mol. The number of aromatic nitrogens is 1. The zero-order valence-corrected chi connectivity index (χ0v) is 11.6. The molecule has 0 aliphatic heterocycles. The van der Waals surface area contributed by atoms with Crippen molar-refractivity contribution in [2.24, 2.45) is 0 Å². The van der Waals surface area contributed by atoms with Gasteiger partial charge in [-0.25, -0.2) is 4.98 Å². The summed E-state index contributed by atoms with van der Waals surface area (Å²) in [6, 6.07) is 13.5. The quantitative estimate of drug-likeness (QED) is 0.856. The number of pyridine rings is 1. The van der Waals surface area contributed by atoms with Gasteiger partial charge in [-0.1, -0.05) is 23.7 Å². The number of hydrogen-bond donors (Lipinski definition) is 1. The first kappa shape index (κ1) is 13.4. The molecule has 1 unspecified atom stereocenters. The number of halogens is 1. The first-order valence-electron chi connectivity index (χ1n) is 6.00. The van der Waals surface area contributed by atoms with Gasteiger partial charge in [0.25, 0.3) is 0 Å². The third kappa shape index (κ3) is 3.24. The number of hydrogen-bond acceptors (Lipinski definition) is 3. The second-order valence-electron chi connectivity index (χ2n) is 4.37. The molecule has 0 amide bonds. The van der Waals surface area contributed by atoms with Gasteiger partial charge in [-0.3, -0.25) is 0 Å². The van der Waals surface area contributed by atoms with Crippen molar-refractivity contribution in [2.45, 2.75) is 19.9 Å². The maximum Gasteiger partial charge on any atom is 0.129 e. The third-order valence-corrected chi connectivity index (χ3v) is 3.15. The van der Waals surface area contributed by atoms with Crippen LogP contribution in [-0.4, -0.2) is 4.98 Å². The Balaban J connectivity index is 2.20. The summed E-state index contributed by atoms with van der Waals surface area (Å²) < 4.78 is 0. The van der Waals surface area contributed by atoms with Crippen molar-refractivity contribution in [3.05, 3.63) is 58.4 Å². The maximum absolute atomic E-state index is 8.91. The van der Waals surface area contributed by atoms with Crippen LogP contribution in [0.25, 0.3) is 0 Å². The standard InChI is InChI=1S/C15H14ClN3/c1-10(13-5-3-4-12(8-13)9-17)18-14-6-7-15(16)19-11(14)2/h3-8,10,18H,1-2H3. The van der Waals surface area contributed by atoms with Crippen molar-refractivity contribution in [1.29, 1.82) is 5.26 Å². The van der Waals surface area contributed by atoms with Crippen molar-refractivity contribution in [3.8, 4) is 6.07 Å². The van der Waals surface area contributed by atoms with Gasteiger partial charge in [0.1, 0.15) is 5.15 Å². The van der Waals surface area contributed by atoms with E-state index >= 15 is 0 Å². The minimum atomic E-state index is 0.0926. The molecule has 0 saturated heterocycles. The number of nitrogens with one attached hydrogen (secondary N) is 1. The average molecular weight is 272 g/mol. The van der Waals surface area contributed by atoms with Gasteiger partial charge in [0.05, 0.1) is 23.0 Å². The predicted octanol–water partition coefficient (Wildman–Crippen LogP) is 4.09. The number of aryl methyl sites for hydroxylation is 1. The van der Waals surface area contributed by atoms with Crippen molar-refractivity contribution in [3.63, 3.8) is 0 Å². The Morgan fingerprint density at radius 3 is 2.79 bits per heavy atom. The van der Waals surface area contributed by atoms with Crippen LogP contribution in [-0.2, 0) is 0 Å². The summed E-state index contributed by atoms with van der Waals surface area (Å²) in [5.74, 6) is 0. The van der Waals surface area contributed by atoms with Gasteiger partial charge >= 0.3 is 0 Å². The Labute approximate surface area is 117 Å². The Bertz CT molecular complexity index is 632. The number of nitriles is 1. The van der Waals surface area contributed by atoms with Crippen LogP contribution >= 0.6 is 11.6 Å². The SMILES string of the molecule is Cc1nc(Cl)ccc1NC(C)c1cccc(C#N)c1. The molecule has 1 atom stereocenters. The van der Waals surface area contributed by atoms with Crippen molar-refractivity contribution >= 4 is 17.3 Å². The van der Waals surface area contributed by atoms with Crippen LogP contribution in [0.4, 0.5) is 5.69 Å². The predicted molar refractivity (Wildman–Crippen MR) is 77.2 cm³/mol. The van der Waals surface area contributed by atoms with Crippen molar-refractivity contribution in [1.82, 2.24) is 4.98 Å². The molecule has 2 rings (SSSR count). The molecule has 1 N–H and O–H groups in total. The summed E-state index contributed by atoms with van der Waals surface area (Å²) in [7, 11) is 0. The molecule has 0 fully saturated rings. The molecule has 0 spiro atoms. The van der Waals surface area contributed by atoms with E-state index in [0.29, 0.717) is 10.7 Å². The van der Waals surface area contributed by atoms with Gasteiger partial charge < -0.3 is 5.32 Å². The molecule has 19 heavy (non-hydrogen) atoms. The molecule has 1 heterocycles. The summed E-state index contributed by atoms with van der Waals surface area (Å²) in [5, 5.41) is 12.8. The van der Waals surface area contributed by atoms with E-state index in [1.807, 2.05) is 38.1 Å². The lowest BCUT2D eigenvalue weighted by atomic mass is 10.1. The fourth-order valence-electron chi connectivity index (χ4n) is 1.88. The highest BCUT2D eigenvalue weighted by atomic mass is 35.5. The molecule has 3 nitrogen and oxygen atoms in total. The van der Waals surface area contributed by atoms with Crippen LogP contribution in [0.3, 0.4) is 0 Å². The highest BCUT2D eigenvalue weighted by Crippen LogP contribution is 2.22.